The van der Waals surface area contributed by atoms with Crippen LogP contribution in [0.25, 0.3) is 0 Å². The van der Waals surface area contributed by atoms with Gasteiger partial charge in [0.05, 0.1) is 0 Å². The zero-order valence-corrected chi connectivity index (χ0v) is 11.4. The Morgan fingerprint density at radius 3 is 2.50 bits per heavy atom. The number of alkyl halides is 3. The topological polar surface area (TPSA) is 61.0 Å². The first kappa shape index (κ1) is 14.9. The molecule has 0 bridgehead atoms. The van der Waals surface area contributed by atoms with Gasteiger partial charge in [-0.1, -0.05) is 13.8 Å². The summed E-state index contributed by atoms with van der Waals surface area (Å²) in [5, 5.41) is 0. The minimum Gasteiger partial charge on any atom is -0.474 e. The number of anilines is 1. The van der Waals surface area contributed by atoms with E-state index in [-0.39, 0.29) is 12.0 Å². The molecule has 2 N–H and O–H groups in total. The number of hydrogen-bond acceptors (Lipinski definition) is 4. The summed E-state index contributed by atoms with van der Waals surface area (Å²) in [7, 11) is 0. The van der Waals surface area contributed by atoms with Gasteiger partial charge in [-0.2, -0.15) is 18.2 Å². The molecule has 3 unspecified atom stereocenters. The van der Waals surface area contributed by atoms with Crippen molar-refractivity contribution < 1.29 is 17.9 Å². The molecule has 0 radical (unpaired) electrons. The summed E-state index contributed by atoms with van der Waals surface area (Å²) < 4.78 is 43.5. The molecule has 0 aromatic carbocycles. The number of ether oxygens (including phenoxy) is 1. The molecule has 1 aromatic rings. The summed E-state index contributed by atoms with van der Waals surface area (Å²) in [4.78, 5) is 6.92. The predicted octanol–water partition coefficient (Wildman–Crippen LogP) is 3.28. The first-order chi connectivity index (χ1) is 9.25. The highest BCUT2D eigenvalue weighted by molar-refractivity contribution is 5.27. The summed E-state index contributed by atoms with van der Waals surface area (Å²) in [6, 6.07) is 0.805. The molecule has 4 nitrogen and oxygen atoms in total. The highest BCUT2D eigenvalue weighted by Crippen LogP contribution is 2.33. The van der Waals surface area contributed by atoms with E-state index >= 15 is 0 Å². The van der Waals surface area contributed by atoms with E-state index in [1.165, 1.54) is 0 Å². The summed E-state index contributed by atoms with van der Waals surface area (Å²) in [6.45, 7) is 4.29. The van der Waals surface area contributed by atoms with Crippen LogP contribution in [0.1, 0.15) is 38.8 Å². The van der Waals surface area contributed by atoms with Gasteiger partial charge in [-0.05, 0) is 31.1 Å². The highest BCUT2D eigenvalue weighted by atomic mass is 19.4. The smallest absolute Gasteiger partial charge is 0.433 e. The van der Waals surface area contributed by atoms with Gasteiger partial charge in [-0.3, -0.25) is 0 Å². The Labute approximate surface area is 115 Å². The minimum absolute atomic E-state index is 0.100. The molecule has 0 aliphatic heterocycles. The Bertz CT molecular complexity index is 478. The molecule has 1 aromatic heterocycles. The number of nitrogens with zero attached hydrogens (tertiary/aromatic N) is 2. The molecular weight excluding hydrogens is 271 g/mol. The lowest BCUT2D eigenvalue weighted by molar-refractivity contribution is -0.141. The maximum absolute atomic E-state index is 12.6. The second-order valence-corrected chi connectivity index (χ2v) is 5.45. The largest absolute Gasteiger partial charge is 0.474 e. The van der Waals surface area contributed by atoms with Crippen molar-refractivity contribution in [2.24, 2.45) is 11.8 Å². The van der Waals surface area contributed by atoms with E-state index in [2.05, 4.69) is 23.8 Å². The van der Waals surface area contributed by atoms with Gasteiger partial charge in [0.25, 0.3) is 0 Å². The number of halogens is 3. The molecule has 1 heterocycles. The molecular formula is C13H18F3N3O. The van der Waals surface area contributed by atoms with E-state index < -0.39 is 17.8 Å². The Balaban J connectivity index is 2.12. The molecule has 1 aliphatic rings. The van der Waals surface area contributed by atoms with Crippen LogP contribution in [-0.4, -0.2) is 16.1 Å². The number of hydrogen-bond donors (Lipinski definition) is 1. The van der Waals surface area contributed by atoms with Crippen molar-refractivity contribution >= 4 is 5.95 Å². The van der Waals surface area contributed by atoms with E-state index in [0.29, 0.717) is 11.8 Å². The van der Waals surface area contributed by atoms with Crippen molar-refractivity contribution in [3.8, 4) is 5.88 Å². The molecule has 1 aliphatic carbocycles. The highest BCUT2D eigenvalue weighted by Gasteiger charge is 2.34. The van der Waals surface area contributed by atoms with Crippen molar-refractivity contribution in [3.63, 3.8) is 0 Å². The zero-order valence-electron chi connectivity index (χ0n) is 11.4. The molecule has 20 heavy (non-hydrogen) atoms. The minimum atomic E-state index is -4.55. The summed E-state index contributed by atoms with van der Waals surface area (Å²) in [5.41, 5.74) is 4.24. The first-order valence-electron chi connectivity index (χ1n) is 6.64. The van der Waals surface area contributed by atoms with Crippen LogP contribution in [-0.2, 0) is 6.18 Å². The van der Waals surface area contributed by atoms with Gasteiger partial charge >= 0.3 is 6.18 Å². The zero-order chi connectivity index (χ0) is 14.9. The van der Waals surface area contributed by atoms with Gasteiger partial charge in [0.15, 0.2) is 5.69 Å². The fraction of sp³-hybridized carbons (Fsp3) is 0.692. The summed E-state index contributed by atoms with van der Waals surface area (Å²) in [6.07, 6.45) is -2.04. The lowest BCUT2D eigenvalue weighted by Gasteiger charge is -2.31. The van der Waals surface area contributed by atoms with Crippen LogP contribution in [0.15, 0.2) is 6.07 Å². The van der Waals surface area contributed by atoms with Gasteiger partial charge in [0, 0.05) is 6.07 Å². The van der Waals surface area contributed by atoms with Crippen LogP contribution in [0.5, 0.6) is 5.88 Å². The summed E-state index contributed by atoms with van der Waals surface area (Å²) in [5.74, 6) is 0.565. The Kier molecular flexibility index (Phi) is 4.06. The average molecular weight is 289 g/mol. The van der Waals surface area contributed by atoms with Gasteiger partial charge in [-0.25, -0.2) is 4.98 Å². The first-order valence-corrected chi connectivity index (χ1v) is 6.64. The summed E-state index contributed by atoms with van der Waals surface area (Å²) >= 11 is 0. The quantitative estimate of drug-likeness (QED) is 0.907. The van der Waals surface area contributed by atoms with E-state index in [0.717, 1.165) is 25.3 Å². The number of nitrogen functional groups attached to an aromatic ring is 1. The Hall–Kier alpha value is -1.53. The van der Waals surface area contributed by atoms with Crippen molar-refractivity contribution in [2.75, 3.05) is 5.73 Å². The third-order valence-corrected chi connectivity index (χ3v) is 3.85. The number of rotatable bonds is 2. The second-order valence-electron chi connectivity index (χ2n) is 5.45. The Morgan fingerprint density at radius 1 is 1.20 bits per heavy atom. The fourth-order valence-corrected chi connectivity index (χ4v) is 2.42. The van der Waals surface area contributed by atoms with Crippen molar-refractivity contribution in [2.45, 2.75) is 45.4 Å². The lowest BCUT2D eigenvalue weighted by atomic mass is 9.80. The van der Waals surface area contributed by atoms with E-state index in [1.807, 2.05) is 0 Å². The van der Waals surface area contributed by atoms with E-state index in [9.17, 15) is 13.2 Å². The molecule has 1 fully saturated rings. The maximum atomic E-state index is 12.6. The molecule has 7 heteroatoms. The molecule has 3 atom stereocenters. The normalized spacial score (nSPS) is 27.4. The number of aromatic nitrogens is 2. The van der Waals surface area contributed by atoms with E-state index in [4.69, 9.17) is 10.5 Å². The van der Waals surface area contributed by atoms with Crippen LogP contribution in [0.2, 0.25) is 0 Å². The molecule has 1 saturated carbocycles. The SMILES string of the molecule is CC1CCC(Oc2cc(C(F)(F)F)nc(N)n2)CC1C. The standard InChI is InChI=1S/C13H18F3N3O/c1-7-3-4-9(5-8(7)2)20-11-6-10(13(14,15)16)18-12(17)19-11/h6-9H,3-5H2,1-2H3,(H2,17,18,19). The van der Waals surface area contributed by atoms with Gasteiger partial charge in [-0.15, -0.1) is 0 Å². The molecule has 112 valence electrons. The molecule has 0 spiro atoms. The van der Waals surface area contributed by atoms with Crippen molar-refractivity contribution in [1.29, 1.82) is 0 Å². The van der Waals surface area contributed by atoms with E-state index in [1.54, 1.807) is 0 Å². The average Bonchev–Trinajstić information content (AvgIpc) is 2.32. The van der Waals surface area contributed by atoms with Gasteiger partial charge in [0.2, 0.25) is 11.8 Å². The predicted molar refractivity (Wildman–Crippen MR) is 68.0 cm³/mol. The fourth-order valence-electron chi connectivity index (χ4n) is 2.42. The monoisotopic (exact) mass is 289 g/mol. The van der Waals surface area contributed by atoms with Gasteiger partial charge in [0.1, 0.15) is 6.10 Å². The van der Waals surface area contributed by atoms with Crippen molar-refractivity contribution in [1.82, 2.24) is 9.97 Å². The van der Waals surface area contributed by atoms with Crippen LogP contribution in [0, 0.1) is 11.8 Å². The third-order valence-electron chi connectivity index (χ3n) is 3.85. The van der Waals surface area contributed by atoms with Crippen LogP contribution in [0.4, 0.5) is 19.1 Å². The third kappa shape index (κ3) is 3.52. The Morgan fingerprint density at radius 2 is 1.90 bits per heavy atom. The number of nitrogens with two attached hydrogens (primary N) is 1. The van der Waals surface area contributed by atoms with Crippen LogP contribution >= 0.6 is 0 Å². The molecule has 0 saturated heterocycles. The van der Waals surface area contributed by atoms with Crippen LogP contribution in [0.3, 0.4) is 0 Å². The van der Waals surface area contributed by atoms with Crippen molar-refractivity contribution in [3.05, 3.63) is 11.8 Å². The van der Waals surface area contributed by atoms with Crippen LogP contribution < -0.4 is 10.5 Å². The van der Waals surface area contributed by atoms with Gasteiger partial charge < -0.3 is 10.5 Å². The lowest BCUT2D eigenvalue weighted by Crippen LogP contribution is -2.29. The second kappa shape index (κ2) is 5.46. The molecule has 2 rings (SSSR count). The maximum Gasteiger partial charge on any atom is 0.433 e. The molecule has 0 amide bonds.